The van der Waals surface area contributed by atoms with Gasteiger partial charge in [-0.15, -0.1) is 0 Å². The second-order valence-corrected chi connectivity index (χ2v) is 4.39. The van der Waals surface area contributed by atoms with E-state index in [1.165, 1.54) is 6.92 Å². The molecule has 1 aromatic carbocycles. The van der Waals surface area contributed by atoms with Gasteiger partial charge in [0.05, 0.1) is 5.56 Å². The number of benzene rings is 1. The van der Waals surface area contributed by atoms with Gasteiger partial charge in [-0.2, -0.15) is 0 Å². The van der Waals surface area contributed by atoms with E-state index >= 15 is 0 Å². The van der Waals surface area contributed by atoms with Crippen molar-refractivity contribution in [1.82, 2.24) is 0 Å². The summed E-state index contributed by atoms with van der Waals surface area (Å²) in [5, 5.41) is 0. The van der Waals surface area contributed by atoms with Crippen LogP contribution in [0.2, 0.25) is 0 Å². The minimum Gasteiger partial charge on any atom is -0.459 e. The average molecular weight is 248 g/mol. The molecule has 0 unspecified atom stereocenters. The van der Waals surface area contributed by atoms with Gasteiger partial charge in [-0.3, -0.25) is 4.79 Å². The molecule has 1 aromatic rings. The van der Waals surface area contributed by atoms with E-state index in [2.05, 4.69) is 0 Å². The van der Waals surface area contributed by atoms with Crippen LogP contribution in [0.15, 0.2) is 30.3 Å². The van der Waals surface area contributed by atoms with Crippen LogP contribution in [0.5, 0.6) is 0 Å². The van der Waals surface area contributed by atoms with Crippen LogP contribution in [0.1, 0.15) is 36.5 Å². The van der Waals surface area contributed by atoms with Gasteiger partial charge in [0.2, 0.25) is 0 Å². The summed E-state index contributed by atoms with van der Waals surface area (Å²) in [5.41, 5.74) is 0.519. The Bertz CT molecular complexity index is 427. The molecule has 0 N–H and O–H groups in total. The summed E-state index contributed by atoms with van der Waals surface area (Å²) in [6, 6.07) is 8.83. The molecule has 1 aliphatic rings. The number of ether oxygens (including phenoxy) is 2. The fraction of sp³-hybridized carbons (Fsp3) is 0.429. The summed E-state index contributed by atoms with van der Waals surface area (Å²) in [7, 11) is 0. The standard InChI is InChI=1S/C14H16O4/c1-10(15)17-12-8-5-9-13(12)18-14(16)11-6-3-2-4-7-11/h2-4,6-7,12-13H,5,8-9H2,1H3/t12-,13-/m0/s1. The van der Waals surface area contributed by atoms with Crippen LogP contribution < -0.4 is 0 Å². The molecule has 1 saturated carbocycles. The summed E-state index contributed by atoms with van der Waals surface area (Å²) in [4.78, 5) is 22.8. The molecular weight excluding hydrogens is 232 g/mol. The van der Waals surface area contributed by atoms with Crippen molar-refractivity contribution in [2.45, 2.75) is 38.4 Å². The summed E-state index contributed by atoms with van der Waals surface area (Å²) in [6.07, 6.45) is 1.80. The van der Waals surface area contributed by atoms with Crippen molar-refractivity contribution in [2.24, 2.45) is 0 Å². The third-order valence-corrected chi connectivity index (χ3v) is 2.98. The molecule has 0 spiro atoms. The Morgan fingerprint density at radius 1 is 1.06 bits per heavy atom. The second-order valence-electron chi connectivity index (χ2n) is 4.39. The Labute approximate surface area is 106 Å². The first-order valence-electron chi connectivity index (χ1n) is 6.10. The van der Waals surface area contributed by atoms with Crippen molar-refractivity contribution in [3.8, 4) is 0 Å². The molecule has 0 radical (unpaired) electrons. The highest BCUT2D eigenvalue weighted by molar-refractivity contribution is 5.89. The number of hydrogen-bond acceptors (Lipinski definition) is 4. The lowest BCUT2D eigenvalue weighted by molar-refractivity contribution is -0.150. The van der Waals surface area contributed by atoms with Gasteiger partial charge in [0.1, 0.15) is 12.2 Å². The van der Waals surface area contributed by atoms with Gasteiger partial charge in [-0.05, 0) is 31.4 Å². The van der Waals surface area contributed by atoms with Crippen molar-refractivity contribution in [2.75, 3.05) is 0 Å². The van der Waals surface area contributed by atoms with Crippen molar-refractivity contribution in [3.63, 3.8) is 0 Å². The van der Waals surface area contributed by atoms with E-state index in [1.807, 2.05) is 6.07 Å². The summed E-state index contributed by atoms with van der Waals surface area (Å²) >= 11 is 0. The highest BCUT2D eigenvalue weighted by atomic mass is 16.6. The van der Waals surface area contributed by atoms with Crippen molar-refractivity contribution in [3.05, 3.63) is 35.9 Å². The Hall–Kier alpha value is -1.84. The molecule has 4 heteroatoms. The largest absolute Gasteiger partial charge is 0.459 e. The zero-order valence-corrected chi connectivity index (χ0v) is 10.3. The highest BCUT2D eigenvalue weighted by Gasteiger charge is 2.33. The molecule has 0 heterocycles. The van der Waals surface area contributed by atoms with Gasteiger partial charge in [-0.1, -0.05) is 18.2 Å². The molecule has 0 amide bonds. The van der Waals surface area contributed by atoms with E-state index in [0.29, 0.717) is 5.56 Å². The zero-order chi connectivity index (χ0) is 13.0. The van der Waals surface area contributed by atoms with Crippen LogP contribution in [0.25, 0.3) is 0 Å². The van der Waals surface area contributed by atoms with Crippen LogP contribution in [0.4, 0.5) is 0 Å². The molecule has 2 rings (SSSR count). The molecule has 0 aliphatic heterocycles. The SMILES string of the molecule is CC(=O)O[C@H]1CCC[C@@H]1OC(=O)c1ccccc1. The molecule has 96 valence electrons. The molecule has 1 fully saturated rings. The fourth-order valence-corrected chi connectivity index (χ4v) is 2.15. The maximum absolute atomic E-state index is 11.9. The maximum Gasteiger partial charge on any atom is 0.338 e. The maximum atomic E-state index is 11.9. The first kappa shape index (κ1) is 12.6. The second kappa shape index (κ2) is 5.67. The minimum atomic E-state index is -0.361. The van der Waals surface area contributed by atoms with Gasteiger partial charge >= 0.3 is 11.9 Å². The lowest BCUT2D eigenvalue weighted by atomic mass is 10.2. The van der Waals surface area contributed by atoms with Crippen LogP contribution in [-0.2, 0) is 14.3 Å². The van der Waals surface area contributed by atoms with Gasteiger partial charge < -0.3 is 9.47 Å². The molecule has 1 aliphatic carbocycles. The molecule has 4 nitrogen and oxygen atoms in total. The van der Waals surface area contributed by atoms with Crippen molar-refractivity contribution in [1.29, 1.82) is 0 Å². The predicted molar refractivity (Wildman–Crippen MR) is 65.1 cm³/mol. The van der Waals surface area contributed by atoms with Crippen LogP contribution in [-0.4, -0.2) is 24.1 Å². The van der Waals surface area contributed by atoms with Crippen molar-refractivity contribution >= 4 is 11.9 Å². The zero-order valence-electron chi connectivity index (χ0n) is 10.3. The van der Waals surface area contributed by atoms with Gasteiger partial charge in [0.15, 0.2) is 0 Å². The van der Waals surface area contributed by atoms with Crippen molar-refractivity contribution < 1.29 is 19.1 Å². The third-order valence-electron chi connectivity index (χ3n) is 2.98. The lowest BCUT2D eigenvalue weighted by Gasteiger charge is -2.19. The van der Waals surface area contributed by atoms with Crippen LogP contribution in [0, 0.1) is 0 Å². The lowest BCUT2D eigenvalue weighted by Crippen LogP contribution is -2.30. The van der Waals surface area contributed by atoms with Gasteiger partial charge in [-0.25, -0.2) is 4.79 Å². The average Bonchev–Trinajstić information content (AvgIpc) is 2.77. The first-order valence-corrected chi connectivity index (χ1v) is 6.10. The van der Waals surface area contributed by atoms with E-state index in [9.17, 15) is 9.59 Å². The number of esters is 2. The fourth-order valence-electron chi connectivity index (χ4n) is 2.15. The number of carbonyl (C=O) groups excluding carboxylic acids is 2. The number of carbonyl (C=O) groups is 2. The number of hydrogen-bond donors (Lipinski definition) is 0. The molecule has 2 atom stereocenters. The van der Waals surface area contributed by atoms with Crippen LogP contribution in [0.3, 0.4) is 0 Å². The highest BCUT2D eigenvalue weighted by Crippen LogP contribution is 2.25. The van der Waals surface area contributed by atoms with Crippen LogP contribution >= 0.6 is 0 Å². The molecule has 0 saturated heterocycles. The molecule has 0 bridgehead atoms. The Kier molecular flexibility index (Phi) is 3.97. The predicted octanol–water partition coefficient (Wildman–Crippen LogP) is 2.33. The smallest absolute Gasteiger partial charge is 0.338 e. The first-order chi connectivity index (χ1) is 8.66. The molecule has 18 heavy (non-hydrogen) atoms. The monoisotopic (exact) mass is 248 g/mol. The quantitative estimate of drug-likeness (QED) is 0.770. The summed E-state index contributed by atoms with van der Waals surface area (Å²) in [6.45, 7) is 1.37. The third kappa shape index (κ3) is 3.09. The van der Waals surface area contributed by atoms with Gasteiger partial charge in [0.25, 0.3) is 0 Å². The Morgan fingerprint density at radius 3 is 2.28 bits per heavy atom. The Balaban J connectivity index is 1.96. The topological polar surface area (TPSA) is 52.6 Å². The molecule has 0 aromatic heterocycles. The van der Waals surface area contributed by atoms with E-state index < -0.39 is 0 Å². The van der Waals surface area contributed by atoms with Gasteiger partial charge in [0, 0.05) is 6.92 Å². The Morgan fingerprint density at radius 2 is 1.67 bits per heavy atom. The normalized spacial score (nSPS) is 22.5. The summed E-state index contributed by atoms with van der Waals surface area (Å²) < 4.78 is 10.5. The van der Waals surface area contributed by atoms with E-state index in [1.54, 1.807) is 24.3 Å². The molecular formula is C14H16O4. The van der Waals surface area contributed by atoms with E-state index in [4.69, 9.17) is 9.47 Å². The summed E-state index contributed by atoms with van der Waals surface area (Å²) in [5.74, 6) is -0.692. The minimum absolute atomic E-state index is 0.296. The van der Waals surface area contributed by atoms with E-state index in [0.717, 1.165) is 19.3 Å². The number of rotatable bonds is 3. The van der Waals surface area contributed by atoms with E-state index in [-0.39, 0.29) is 24.1 Å².